The van der Waals surface area contributed by atoms with Crippen LogP contribution in [0.3, 0.4) is 0 Å². The highest BCUT2D eigenvalue weighted by Crippen LogP contribution is 2.46. The molecule has 2 aliphatic heterocycles. The van der Waals surface area contributed by atoms with Gasteiger partial charge in [0.25, 0.3) is 5.91 Å². The molecule has 2 saturated carbocycles. The summed E-state index contributed by atoms with van der Waals surface area (Å²) in [4.78, 5) is 59.9. The van der Waals surface area contributed by atoms with Gasteiger partial charge < -0.3 is 20.3 Å². The van der Waals surface area contributed by atoms with Crippen molar-refractivity contribution in [2.45, 2.75) is 106 Å². The van der Waals surface area contributed by atoms with Crippen LogP contribution >= 0.6 is 0 Å². The van der Waals surface area contributed by atoms with E-state index in [0.717, 1.165) is 49.7 Å². The first-order chi connectivity index (χ1) is 29.1. The number of alkyl carbamates (subject to hydrolysis) is 1. The van der Waals surface area contributed by atoms with Crippen molar-refractivity contribution in [2.75, 3.05) is 6.54 Å². The number of nitrogens with zero attached hydrogens (tertiary/aromatic N) is 4. The molecule has 0 spiro atoms. The van der Waals surface area contributed by atoms with Gasteiger partial charge >= 0.3 is 6.09 Å². The summed E-state index contributed by atoms with van der Waals surface area (Å²) in [6.07, 6.45) is 9.94. The van der Waals surface area contributed by atoms with E-state index in [1.54, 1.807) is 35.1 Å². The Balaban J connectivity index is 1.12. The van der Waals surface area contributed by atoms with Crippen LogP contribution in [0.5, 0.6) is 0 Å². The predicted octanol–water partition coefficient (Wildman–Crippen LogP) is 5.83. The molecular formula is C45H51N7O7S. The quantitative estimate of drug-likeness (QED) is 0.175. The van der Waals surface area contributed by atoms with Crippen molar-refractivity contribution < 1.29 is 32.3 Å². The molecule has 4 aliphatic rings. The largest absolute Gasteiger partial charge is 0.446 e. The molecule has 15 heteroatoms. The third-order valence-corrected chi connectivity index (χ3v) is 13.2. The van der Waals surface area contributed by atoms with Crippen LogP contribution in [-0.2, 0) is 34.9 Å². The van der Waals surface area contributed by atoms with E-state index >= 15 is 0 Å². The smallest absolute Gasteiger partial charge is 0.408 e. The molecule has 1 aromatic heterocycles. The Hall–Kier alpha value is -5.83. The summed E-state index contributed by atoms with van der Waals surface area (Å²) < 4.78 is 34.6. The molecule has 2 aliphatic carbocycles. The SMILES string of the molecule is O=C(N[C@H]1CCCCC/C=C\C2C[C@@]2(C(=O)NS(=O)(=O)Cc2ccccc2)NC(=O)[C@@H]2C[C@@H](n3nc(-c4ccccc4)c(-c4ccccc4)n3)CN2C1=O)OC1CCCC1. The molecule has 3 fully saturated rings. The summed E-state index contributed by atoms with van der Waals surface area (Å²) in [5.74, 6) is -2.78. The second-order valence-electron chi connectivity index (χ2n) is 16.4. The van der Waals surface area contributed by atoms with E-state index in [9.17, 15) is 27.6 Å². The molecule has 3 heterocycles. The average molecular weight is 834 g/mol. The Morgan fingerprint density at radius 3 is 2.08 bits per heavy atom. The van der Waals surface area contributed by atoms with Gasteiger partial charge in [0, 0.05) is 30.0 Å². The molecule has 1 unspecified atom stereocenters. The van der Waals surface area contributed by atoms with E-state index in [1.807, 2.05) is 72.8 Å². The Bertz CT molecular complexity index is 2260. The van der Waals surface area contributed by atoms with E-state index in [2.05, 4.69) is 15.4 Å². The molecular weight excluding hydrogens is 783 g/mol. The van der Waals surface area contributed by atoms with Gasteiger partial charge in [0.1, 0.15) is 35.1 Å². The van der Waals surface area contributed by atoms with Gasteiger partial charge in [0.05, 0.1) is 11.8 Å². The van der Waals surface area contributed by atoms with Gasteiger partial charge in [-0.05, 0) is 56.9 Å². The third kappa shape index (κ3) is 9.30. The molecule has 5 atom stereocenters. The van der Waals surface area contributed by atoms with E-state index in [4.69, 9.17) is 14.9 Å². The number of nitrogens with one attached hydrogen (secondary N) is 3. The number of amides is 4. The highest BCUT2D eigenvalue weighted by Gasteiger charge is 2.61. The van der Waals surface area contributed by atoms with Crippen molar-refractivity contribution >= 4 is 33.8 Å². The fraction of sp³-hybridized carbons (Fsp3) is 0.422. The number of hydrogen-bond donors (Lipinski definition) is 3. The Morgan fingerprint density at radius 1 is 0.817 bits per heavy atom. The number of rotatable bonds is 9. The lowest BCUT2D eigenvalue weighted by molar-refractivity contribution is -0.141. The standard InChI is InChI=1S/C45H51N7O7S/c53-41-38-27-35(52-48-39(32-19-9-5-10-20-32)40(49-52)33-21-11-6-12-22-33)29-51(38)42(54)37(46-44(56)59-36-24-15-16-25-36)26-14-3-1-2-13-23-34-28-45(34,47-41)43(55)50-60(57,58)30-31-17-7-4-8-18-31/h4-13,17-23,34-38H,1-3,14-16,24-30H2,(H,46,56)(H,47,53)(H,50,55)/b23-13-/t34?,35-,37+,38+,45-/m1/s1. The zero-order valence-electron chi connectivity index (χ0n) is 33.4. The third-order valence-electron chi connectivity index (χ3n) is 12.0. The average Bonchev–Trinajstić information content (AvgIpc) is 3.68. The lowest BCUT2D eigenvalue weighted by Crippen LogP contribution is -2.58. The van der Waals surface area contributed by atoms with Crippen molar-refractivity contribution in [1.29, 1.82) is 0 Å². The number of allylic oxidation sites excluding steroid dienone is 1. The van der Waals surface area contributed by atoms with Crippen molar-refractivity contribution in [1.82, 2.24) is 35.2 Å². The summed E-state index contributed by atoms with van der Waals surface area (Å²) in [6.45, 7) is 0.0396. The second kappa shape index (κ2) is 17.8. The van der Waals surface area contributed by atoms with Gasteiger partial charge in [0.15, 0.2) is 0 Å². The number of fused-ring (bicyclic) bond motifs is 2. The minimum atomic E-state index is -4.14. The summed E-state index contributed by atoms with van der Waals surface area (Å²) >= 11 is 0. The number of ether oxygens (including phenoxy) is 1. The molecule has 4 aromatic rings. The normalized spacial score (nSPS) is 25.5. The van der Waals surface area contributed by atoms with Crippen LogP contribution < -0.4 is 15.4 Å². The fourth-order valence-electron chi connectivity index (χ4n) is 8.73. The maximum Gasteiger partial charge on any atom is 0.408 e. The zero-order chi connectivity index (χ0) is 41.7. The first-order valence-electron chi connectivity index (χ1n) is 21.0. The van der Waals surface area contributed by atoms with Crippen LogP contribution in [0.25, 0.3) is 22.5 Å². The van der Waals surface area contributed by atoms with Gasteiger partial charge in [-0.3, -0.25) is 19.1 Å². The van der Waals surface area contributed by atoms with Gasteiger partial charge in [-0.25, -0.2) is 13.2 Å². The summed E-state index contributed by atoms with van der Waals surface area (Å²) in [7, 11) is -4.14. The van der Waals surface area contributed by atoms with E-state index in [1.165, 1.54) is 4.90 Å². The zero-order valence-corrected chi connectivity index (χ0v) is 34.3. The van der Waals surface area contributed by atoms with E-state index < -0.39 is 69.2 Å². The minimum Gasteiger partial charge on any atom is -0.446 e. The number of aromatic nitrogens is 3. The van der Waals surface area contributed by atoms with Crippen molar-refractivity contribution in [3.8, 4) is 22.5 Å². The topological polar surface area (TPSA) is 182 Å². The van der Waals surface area contributed by atoms with Crippen molar-refractivity contribution in [2.24, 2.45) is 5.92 Å². The molecule has 3 aromatic carbocycles. The number of benzene rings is 3. The first kappa shape index (κ1) is 40.9. The van der Waals surface area contributed by atoms with Gasteiger partial charge in [-0.2, -0.15) is 15.0 Å². The molecule has 3 N–H and O–H groups in total. The van der Waals surface area contributed by atoms with Crippen LogP contribution in [0, 0.1) is 5.92 Å². The van der Waals surface area contributed by atoms with Gasteiger partial charge in [-0.1, -0.05) is 116 Å². The molecule has 8 rings (SSSR count). The highest BCUT2D eigenvalue weighted by atomic mass is 32.2. The van der Waals surface area contributed by atoms with E-state index in [0.29, 0.717) is 36.2 Å². The van der Waals surface area contributed by atoms with Crippen LogP contribution in [0.4, 0.5) is 4.79 Å². The molecule has 314 valence electrons. The lowest BCUT2D eigenvalue weighted by Gasteiger charge is -2.30. The first-order valence-corrected chi connectivity index (χ1v) is 22.7. The monoisotopic (exact) mass is 833 g/mol. The van der Waals surface area contributed by atoms with Crippen LogP contribution in [0.15, 0.2) is 103 Å². The van der Waals surface area contributed by atoms with Crippen LogP contribution in [0.1, 0.15) is 82.2 Å². The van der Waals surface area contributed by atoms with Crippen LogP contribution in [0.2, 0.25) is 0 Å². The molecule has 4 amide bonds. The Kier molecular flexibility index (Phi) is 12.1. The maximum absolute atomic E-state index is 14.8. The number of hydrogen-bond acceptors (Lipinski definition) is 9. The molecule has 14 nitrogen and oxygen atoms in total. The van der Waals surface area contributed by atoms with Gasteiger partial charge in [0.2, 0.25) is 21.8 Å². The molecule has 1 saturated heterocycles. The molecule has 0 bridgehead atoms. The summed E-state index contributed by atoms with van der Waals surface area (Å²) in [6, 6.07) is 25.2. The predicted molar refractivity (Wildman–Crippen MR) is 224 cm³/mol. The summed E-state index contributed by atoms with van der Waals surface area (Å²) in [5.41, 5.74) is 1.91. The van der Waals surface area contributed by atoms with E-state index in [-0.39, 0.29) is 25.5 Å². The highest BCUT2D eigenvalue weighted by molar-refractivity contribution is 7.89. The van der Waals surface area contributed by atoms with Crippen molar-refractivity contribution in [3.05, 3.63) is 109 Å². The van der Waals surface area contributed by atoms with Gasteiger partial charge in [-0.15, -0.1) is 0 Å². The lowest BCUT2D eigenvalue weighted by atomic mass is 10.0. The number of sulfonamides is 1. The number of carbonyl (C=O) groups excluding carboxylic acids is 4. The van der Waals surface area contributed by atoms with Crippen LogP contribution in [-0.4, -0.2) is 82.4 Å². The Labute approximate surface area is 350 Å². The molecule has 0 radical (unpaired) electrons. The fourth-order valence-corrected chi connectivity index (χ4v) is 9.89. The maximum atomic E-state index is 14.8. The second-order valence-corrected chi connectivity index (χ2v) is 18.1. The minimum absolute atomic E-state index is 0.0396. The molecule has 60 heavy (non-hydrogen) atoms. The Morgan fingerprint density at radius 2 is 1.43 bits per heavy atom. The number of carbonyl (C=O) groups is 4. The summed E-state index contributed by atoms with van der Waals surface area (Å²) in [5, 5.41) is 15.7. The van der Waals surface area contributed by atoms with Crippen molar-refractivity contribution in [3.63, 3.8) is 0 Å².